The predicted octanol–water partition coefficient (Wildman–Crippen LogP) is 4.94. The summed E-state index contributed by atoms with van der Waals surface area (Å²) >= 11 is 7.66. The quantitative estimate of drug-likeness (QED) is 0.309. The molecule has 5 rings (SSSR count). The molecule has 0 spiro atoms. The van der Waals surface area contributed by atoms with E-state index in [0.29, 0.717) is 29.1 Å². The zero-order chi connectivity index (χ0) is 23.7. The molecule has 0 aliphatic heterocycles. The first-order valence-corrected chi connectivity index (χ1v) is 11.7. The van der Waals surface area contributed by atoms with Crippen molar-refractivity contribution in [1.29, 1.82) is 0 Å². The normalized spacial score (nSPS) is 12.2. The van der Waals surface area contributed by atoms with Gasteiger partial charge >= 0.3 is 0 Å². The van der Waals surface area contributed by atoms with Gasteiger partial charge in [-0.05, 0) is 35.6 Å². The fourth-order valence-electron chi connectivity index (χ4n) is 3.69. The molecule has 0 saturated carbocycles. The molecule has 0 amide bonds. The van der Waals surface area contributed by atoms with Gasteiger partial charge < -0.3 is 11.1 Å². The molecule has 1 aromatic carbocycles. The highest BCUT2D eigenvalue weighted by Gasteiger charge is 2.18. The highest BCUT2D eigenvalue weighted by Crippen LogP contribution is 2.41. The summed E-state index contributed by atoms with van der Waals surface area (Å²) in [6, 6.07) is 9.48. The molecule has 0 aliphatic carbocycles. The lowest BCUT2D eigenvalue weighted by Crippen LogP contribution is -2.13. The van der Waals surface area contributed by atoms with Crippen molar-refractivity contribution in [2.45, 2.75) is 19.5 Å². The predicted molar refractivity (Wildman–Crippen MR) is 132 cm³/mol. The number of halogens is 2. The average molecular weight is 495 g/mol. The van der Waals surface area contributed by atoms with Crippen molar-refractivity contribution in [2.75, 3.05) is 11.9 Å². The number of hydrogen-bond donors (Lipinski definition) is 2. The second-order valence-corrected chi connectivity index (χ2v) is 9.14. The zero-order valence-electron chi connectivity index (χ0n) is 18.1. The molecule has 0 bridgehead atoms. The molecule has 0 fully saturated rings. The largest absolute Gasteiger partial charge is 0.352 e. The van der Waals surface area contributed by atoms with Gasteiger partial charge in [0.15, 0.2) is 5.82 Å². The van der Waals surface area contributed by atoms with E-state index in [2.05, 4.69) is 30.6 Å². The van der Waals surface area contributed by atoms with Crippen molar-refractivity contribution in [3.63, 3.8) is 0 Å². The summed E-state index contributed by atoms with van der Waals surface area (Å²) in [5, 5.41) is 12.2. The maximum atomic E-state index is 14.8. The Hall–Kier alpha value is -3.47. The first kappa shape index (κ1) is 22.3. The van der Waals surface area contributed by atoms with Crippen LogP contribution in [0.5, 0.6) is 0 Å². The van der Waals surface area contributed by atoms with Gasteiger partial charge in [-0.15, -0.1) is 16.4 Å². The lowest BCUT2D eigenvalue weighted by Gasteiger charge is -2.13. The summed E-state index contributed by atoms with van der Waals surface area (Å²) in [5.41, 5.74) is 9.19. The molecule has 172 valence electrons. The minimum Gasteiger partial charge on any atom is -0.352 e. The lowest BCUT2D eigenvalue weighted by atomic mass is 9.97. The lowest BCUT2D eigenvalue weighted by molar-refractivity contribution is 0.604. The third-order valence-corrected chi connectivity index (χ3v) is 6.70. The molecule has 5 aromatic rings. The summed E-state index contributed by atoms with van der Waals surface area (Å²) in [4.78, 5) is 13.4. The van der Waals surface area contributed by atoms with Gasteiger partial charge in [-0.3, -0.25) is 4.68 Å². The molecular weight excluding hydrogens is 475 g/mol. The molecule has 34 heavy (non-hydrogen) atoms. The monoisotopic (exact) mass is 494 g/mol. The van der Waals surface area contributed by atoms with Crippen LogP contribution in [0.25, 0.3) is 31.8 Å². The van der Waals surface area contributed by atoms with Gasteiger partial charge in [0, 0.05) is 35.2 Å². The Bertz CT molecular complexity index is 1450. The average Bonchev–Trinajstić information content (AvgIpc) is 3.49. The molecule has 1 atom stereocenters. The van der Waals surface area contributed by atoms with Crippen LogP contribution in [-0.4, -0.2) is 36.5 Å². The summed E-state index contributed by atoms with van der Waals surface area (Å²) in [7, 11) is 0. The molecule has 1 unspecified atom stereocenters. The van der Waals surface area contributed by atoms with E-state index in [1.807, 2.05) is 37.3 Å². The van der Waals surface area contributed by atoms with E-state index in [9.17, 15) is 4.39 Å². The number of benzene rings is 1. The van der Waals surface area contributed by atoms with Crippen LogP contribution in [0.3, 0.4) is 0 Å². The highest BCUT2D eigenvalue weighted by molar-refractivity contribution is 7.22. The number of hydrogen-bond acceptors (Lipinski definition) is 8. The van der Waals surface area contributed by atoms with Crippen LogP contribution in [0.15, 0.2) is 55.1 Å². The molecule has 8 nitrogen and oxygen atoms in total. The highest BCUT2D eigenvalue weighted by atomic mass is 35.5. The fourth-order valence-corrected chi connectivity index (χ4v) is 5.02. The Morgan fingerprint density at radius 1 is 1.21 bits per heavy atom. The first-order chi connectivity index (χ1) is 16.5. The number of nitrogens with one attached hydrogen (secondary N) is 1. The van der Waals surface area contributed by atoms with Crippen LogP contribution in [0.1, 0.15) is 18.5 Å². The van der Waals surface area contributed by atoms with Crippen molar-refractivity contribution < 1.29 is 4.39 Å². The topological polar surface area (TPSA) is 107 Å². The summed E-state index contributed by atoms with van der Waals surface area (Å²) < 4.78 is 17.4. The van der Waals surface area contributed by atoms with Gasteiger partial charge in [0.05, 0.1) is 23.8 Å². The Balaban J connectivity index is 1.51. The smallest absolute Gasteiger partial charge is 0.223 e. The maximum Gasteiger partial charge on any atom is 0.223 e. The standard InChI is InChI=1S/C23H20ClFN8S/c1-13(26)17-11-28-20(24)10-16(17)15-4-2-3-14-9-19(34-22(14)15)21-18(25)12-29-23(31-21)27-5-7-33-8-6-30-32-33/h2-4,6,8-13H,5,7,26H2,1H3,(H,27,29,31). The number of nitrogens with two attached hydrogens (primary N) is 1. The molecular formula is C23H20ClFN8S. The Morgan fingerprint density at radius 2 is 2.09 bits per heavy atom. The molecule has 0 saturated heterocycles. The third-order valence-electron chi connectivity index (χ3n) is 5.30. The molecule has 4 aromatic heterocycles. The van der Waals surface area contributed by atoms with Gasteiger partial charge in [-0.25, -0.2) is 19.3 Å². The fraction of sp³-hybridized carbons (Fsp3) is 0.174. The number of aromatic nitrogens is 6. The number of fused-ring (bicyclic) bond motifs is 1. The Kier molecular flexibility index (Phi) is 6.18. The number of pyridine rings is 1. The van der Waals surface area contributed by atoms with Crippen molar-refractivity contribution >= 4 is 39.0 Å². The van der Waals surface area contributed by atoms with Crippen LogP contribution < -0.4 is 11.1 Å². The van der Waals surface area contributed by atoms with Crippen LogP contribution in [0.2, 0.25) is 5.15 Å². The van der Waals surface area contributed by atoms with E-state index in [4.69, 9.17) is 17.3 Å². The summed E-state index contributed by atoms with van der Waals surface area (Å²) in [6.07, 6.45) is 6.26. The first-order valence-electron chi connectivity index (χ1n) is 10.5. The van der Waals surface area contributed by atoms with Gasteiger partial charge in [0.2, 0.25) is 5.95 Å². The van der Waals surface area contributed by atoms with Gasteiger partial charge in [-0.1, -0.05) is 35.0 Å². The summed E-state index contributed by atoms with van der Waals surface area (Å²) in [5.74, 6) is -0.146. The van der Waals surface area contributed by atoms with Crippen LogP contribution in [0.4, 0.5) is 10.3 Å². The number of rotatable bonds is 7. The third kappa shape index (κ3) is 4.47. The van der Waals surface area contributed by atoms with Crippen molar-refractivity contribution in [1.82, 2.24) is 29.9 Å². The van der Waals surface area contributed by atoms with E-state index >= 15 is 0 Å². The van der Waals surface area contributed by atoms with E-state index in [1.54, 1.807) is 23.3 Å². The van der Waals surface area contributed by atoms with Crippen molar-refractivity contribution in [3.8, 4) is 21.7 Å². The minimum atomic E-state index is -0.488. The number of anilines is 1. The molecule has 11 heteroatoms. The van der Waals surface area contributed by atoms with Crippen molar-refractivity contribution in [3.05, 3.63) is 71.7 Å². The minimum absolute atomic E-state index is 0.222. The molecule has 3 N–H and O–H groups in total. The van der Waals surface area contributed by atoms with Crippen molar-refractivity contribution in [2.24, 2.45) is 5.73 Å². The number of nitrogens with zero attached hydrogens (tertiary/aromatic N) is 6. The van der Waals surface area contributed by atoms with Gasteiger partial charge in [0.1, 0.15) is 10.8 Å². The van der Waals surface area contributed by atoms with Crippen LogP contribution in [-0.2, 0) is 6.54 Å². The summed E-state index contributed by atoms with van der Waals surface area (Å²) in [6.45, 7) is 3.01. The second-order valence-electron chi connectivity index (χ2n) is 7.70. The second kappa shape index (κ2) is 9.41. The molecule has 0 aliphatic rings. The van der Waals surface area contributed by atoms with E-state index in [0.717, 1.165) is 26.8 Å². The zero-order valence-corrected chi connectivity index (χ0v) is 19.7. The number of thiophene rings is 1. The van der Waals surface area contributed by atoms with E-state index in [1.165, 1.54) is 17.5 Å². The molecule has 4 heterocycles. The Morgan fingerprint density at radius 3 is 2.88 bits per heavy atom. The van der Waals surface area contributed by atoms with Gasteiger partial charge in [-0.2, -0.15) is 0 Å². The van der Waals surface area contributed by atoms with Crippen LogP contribution >= 0.6 is 22.9 Å². The van der Waals surface area contributed by atoms with Crippen LogP contribution in [0, 0.1) is 5.82 Å². The Labute approximate surface area is 203 Å². The SMILES string of the molecule is CC(N)c1cnc(Cl)cc1-c1cccc2cc(-c3nc(NCCn4ccnn4)ncc3F)sc12. The molecule has 0 radical (unpaired) electrons. The van der Waals surface area contributed by atoms with Gasteiger partial charge in [0.25, 0.3) is 0 Å². The van der Waals surface area contributed by atoms with E-state index < -0.39 is 5.82 Å². The van der Waals surface area contributed by atoms with E-state index in [-0.39, 0.29) is 11.7 Å². The maximum absolute atomic E-state index is 14.8.